The van der Waals surface area contributed by atoms with Crippen LogP contribution in [0.15, 0.2) is 64.2 Å². The van der Waals surface area contributed by atoms with E-state index < -0.39 is 0 Å². The normalized spacial score (nSPS) is 11.1. The van der Waals surface area contributed by atoms with Crippen LogP contribution in [-0.2, 0) is 24.4 Å². The molecule has 0 fully saturated rings. The lowest BCUT2D eigenvalue weighted by Crippen LogP contribution is -2.36. The van der Waals surface area contributed by atoms with Gasteiger partial charge >= 0.3 is 0 Å². The Hall–Kier alpha value is -2.46. The van der Waals surface area contributed by atoms with Gasteiger partial charge in [-0.2, -0.15) is 0 Å². The van der Waals surface area contributed by atoms with E-state index in [0.29, 0.717) is 30.5 Å². The number of hydrogen-bond donors (Lipinski definition) is 2. The molecule has 2 aromatic carbocycles. The van der Waals surface area contributed by atoms with Gasteiger partial charge in [0, 0.05) is 31.8 Å². The summed E-state index contributed by atoms with van der Waals surface area (Å²) in [4.78, 5) is 8.68. The van der Waals surface area contributed by atoms with E-state index >= 15 is 0 Å². The van der Waals surface area contributed by atoms with Crippen molar-refractivity contribution >= 4 is 29.9 Å². The fraction of sp³-hybridized carbons (Fsp3) is 0.238. The van der Waals surface area contributed by atoms with E-state index in [2.05, 4.69) is 20.6 Å². The van der Waals surface area contributed by atoms with Crippen LogP contribution in [0.2, 0.25) is 0 Å². The summed E-state index contributed by atoms with van der Waals surface area (Å²) in [6.07, 6.45) is 1.62. The molecule has 154 valence electrons. The number of oxazole rings is 1. The number of nitrogens with zero attached hydrogens (tertiary/aromatic N) is 2. The summed E-state index contributed by atoms with van der Waals surface area (Å²) in [5.41, 5.74) is 3.16. The average molecular weight is 510 g/mol. The fourth-order valence-corrected chi connectivity index (χ4v) is 2.69. The summed E-state index contributed by atoms with van der Waals surface area (Å²) >= 11 is 0. The number of benzene rings is 2. The first-order valence-corrected chi connectivity index (χ1v) is 8.90. The van der Waals surface area contributed by atoms with E-state index in [1.54, 1.807) is 32.6 Å². The molecule has 0 unspecified atom stereocenters. The summed E-state index contributed by atoms with van der Waals surface area (Å²) in [5, 5.41) is 6.39. The predicted molar refractivity (Wildman–Crippen MR) is 122 cm³/mol. The van der Waals surface area contributed by atoms with Crippen LogP contribution in [0, 0.1) is 5.82 Å². The molecule has 0 saturated heterocycles. The maximum Gasteiger partial charge on any atom is 0.226 e. The number of rotatable bonds is 7. The molecule has 29 heavy (non-hydrogen) atoms. The number of guanidine groups is 1. The van der Waals surface area contributed by atoms with Gasteiger partial charge < -0.3 is 19.8 Å². The minimum atomic E-state index is -0.270. The third kappa shape index (κ3) is 6.53. The Bertz CT molecular complexity index is 931. The first-order valence-electron chi connectivity index (χ1n) is 8.90. The number of ether oxygens (including phenoxy) is 1. The smallest absolute Gasteiger partial charge is 0.226 e. The fourth-order valence-electron chi connectivity index (χ4n) is 2.69. The van der Waals surface area contributed by atoms with Gasteiger partial charge in [0.15, 0.2) is 5.96 Å². The highest BCUT2D eigenvalue weighted by Gasteiger charge is 2.08. The number of halogens is 2. The first kappa shape index (κ1) is 22.8. The number of aromatic nitrogens is 1. The molecule has 0 aliphatic heterocycles. The Balaban J connectivity index is 0.00000300. The first-order chi connectivity index (χ1) is 13.7. The van der Waals surface area contributed by atoms with Crippen molar-refractivity contribution < 1.29 is 13.5 Å². The number of hydrogen-bond acceptors (Lipinski definition) is 4. The monoisotopic (exact) mass is 510 g/mol. The molecule has 0 spiro atoms. The largest absolute Gasteiger partial charge is 0.444 e. The van der Waals surface area contributed by atoms with Crippen LogP contribution in [0.1, 0.15) is 16.8 Å². The maximum absolute atomic E-state index is 13.7. The van der Waals surface area contributed by atoms with Crippen molar-refractivity contribution in [1.82, 2.24) is 15.6 Å². The van der Waals surface area contributed by atoms with Gasteiger partial charge in [0.25, 0.3) is 0 Å². The van der Waals surface area contributed by atoms with Crippen molar-refractivity contribution in [3.05, 3.63) is 77.4 Å². The van der Waals surface area contributed by atoms with E-state index in [1.165, 1.54) is 6.07 Å². The number of nitrogens with one attached hydrogen (secondary N) is 2. The van der Waals surface area contributed by atoms with Crippen molar-refractivity contribution in [2.24, 2.45) is 4.99 Å². The zero-order chi connectivity index (χ0) is 19.8. The minimum absolute atomic E-state index is 0. The van der Waals surface area contributed by atoms with Crippen molar-refractivity contribution in [3.63, 3.8) is 0 Å². The van der Waals surface area contributed by atoms with E-state index in [-0.39, 0.29) is 36.4 Å². The van der Waals surface area contributed by atoms with Gasteiger partial charge in [0.05, 0.1) is 18.8 Å². The van der Waals surface area contributed by atoms with Gasteiger partial charge in [-0.3, -0.25) is 4.99 Å². The molecule has 0 aliphatic rings. The lowest BCUT2D eigenvalue weighted by Gasteiger charge is -2.12. The van der Waals surface area contributed by atoms with Crippen molar-refractivity contribution in [2.75, 3.05) is 14.2 Å². The van der Waals surface area contributed by atoms with Crippen LogP contribution in [0.5, 0.6) is 0 Å². The highest BCUT2D eigenvalue weighted by Crippen LogP contribution is 2.17. The third-order valence-electron chi connectivity index (χ3n) is 4.10. The molecular formula is C21H24FIN4O2. The van der Waals surface area contributed by atoms with Crippen LogP contribution < -0.4 is 10.6 Å². The lowest BCUT2D eigenvalue weighted by molar-refractivity contribution is 0.181. The second kappa shape index (κ2) is 11.5. The van der Waals surface area contributed by atoms with E-state index in [1.807, 2.05) is 30.3 Å². The van der Waals surface area contributed by atoms with Gasteiger partial charge in [0.2, 0.25) is 5.89 Å². The quantitative estimate of drug-likeness (QED) is 0.285. The molecule has 2 N–H and O–H groups in total. The average Bonchev–Trinajstić information content (AvgIpc) is 3.20. The van der Waals surface area contributed by atoms with Crippen LogP contribution in [0.25, 0.3) is 11.5 Å². The SMILES string of the molecule is CN=C(NCc1ccc(F)c(COC)c1)NCc1coc(-c2ccccc2)n1.I. The molecule has 1 heterocycles. The number of methoxy groups -OCH3 is 1. The molecule has 0 saturated carbocycles. The molecule has 0 bridgehead atoms. The Morgan fingerprint density at radius 1 is 1.14 bits per heavy atom. The zero-order valence-corrected chi connectivity index (χ0v) is 18.6. The van der Waals surface area contributed by atoms with Gasteiger partial charge in [-0.15, -0.1) is 24.0 Å². The maximum atomic E-state index is 13.7. The number of aliphatic imine (C=N–C) groups is 1. The third-order valence-corrected chi connectivity index (χ3v) is 4.10. The van der Waals surface area contributed by atoms with Gasteiger partial charge in [0.1, 0.15) is 12.1 Å². The van der Waals surface area contributed by atoms with E-state index in [0.717, 1.165) is 16.8 Å². The second-order valence-corrected chi connectivity index (χ2v) is 6.15. The Morgan fingerprint density at radius 2 is 1.90 bits per heavy atom. The van der Waals surface area contributed by atoms with Crippen molar-refractivity contribution in [3.8, 4) is 11.5 Å². The van der Waals surface area contributed by atoms with Crippen LogP contribution in [-0.4, -0.2) is 25.1 Å². The molecule has 3 aromatic rings. The van der Waals surface area contributed by atoms with Crippen molar-refractivity contribution in [1.29, 1.82) is 0 Å². The molecule has 0 radical (unpaired) electrons. The van der Waals surface area contributed by atoms with Crippen LogP contribution in [0.4, 0.5) is 4.39 Å². The standard InChI is InChI=1S/C21H23FN4O2.HI/c1-23-21(24-11-15-8-9-19(22)17(10-15)13-27-2)25-12-18-14-28-20(26-18)16-6-4-3-5-7-16;/h3-10,14H,11-13H2,1-2H3,(H2,23,24,25);1H. The summed E-state index contributed by atoms with van der Waals surface area (Å²) in [6, 6.07) is 14.7. The Morgan fingerprint density at radius 3 is 2.62 bits per heavy atom. The Labute approximate surface area is 186 Å². The van der Waals surface area contributed by atoms with Gasteiger partial charge in [-0.1, -0.05) is 24.3 Å². The summed E-state index contributed by atoms with van der Waals surface area (Å²) in [6.45, 7) is 1.21. The molecule has 0 amide bonds. The van der Waals surface area contributed by atoms with Crippen LogP contribution in [0.3, 0.4) is 0 Å². The lowest BCUT2D eigenvalue weighted by atomic mass is 10.1. The summed E-state index contributed by atoms with van der Waals surface area (Å²) < 4.78 is 24.3. The predicted octanol–water partition coefficient (Wildman–Crippen LogP) is 4.11. The zero-order valence-electron chi connectivity index (χ0n) is 16.3. The molecular weight excluding hydrogens is 486 g/mol. The van der Waals surface area contributed by atoms with Crippen molar-refractivity contribution in [2.45, 2.75) is 19.7 Å². The molecule has 8 heteroatoms. The molecule has 1 aromatic heterocycles. The van der Waals surface area contributed by atoms with Gasteiger partial charge in [-0.25, -0.2) is 9.37 Å². The molecule has 3 rings (SSSR count). The van der Waals surface area contributed by atoms with E-state index in [4.69, 9.17) is 9.15 Å². The molecule has 0 aliphatic carbocycles. The molecule has 6 nitrogen and oxygen atoms in total. The van der Waals surface area contributed by atoms with Crippen LogP contribution >= 0.6 is 24.0 Å². The highest BCUT2D eigenvalue weighted by molar-refractivity contribution is 14.0. The Kier molecular flexibility index (Phi) is 9.07. The second-order valence-electron chi connectivity index (χ2n) is 6.15. The molecule has 0 atom stereocenters. The summed E-state index contributed by atoms with van der Waals surface area (Å²) in [7, 11) is 3.23. The van der Waals surface area contributed by atoms with Gasteiger partial charge in [-0.05, 0) is 29.8 Å². The summed E-state index contributed by atoms with van der Waals surface area (Å²) in [5.74, 6) is 0.924. The highest BCUT2D eigenvalue weighted by atomic mass is 127. The topological polar surface area (TPSA) is 71.7 Å². The minimum Gasteiger partial charge on any atom is -0.444 e. The van der Waals surface area contributed by atoms with E-state index in [9.17, 15) is 4.39 Å².